The lowest BCUT2D eigenvalue weighted by Gasteiger charge is -2.08. The van der Waals surface area contributed by atoms with E-state index in [4.69, 9.17) is 9.84 Å². The molecular weight excluding hydrogens is 242 g/mol. The third-order valence-corrected chi connectivity index (χ3v) is 2.73. The number of aryl methyl sites for hydroxylation is 1. The zero-order valence-corrected chi connectivity index (χ0v) is 10.6. The Morgan fingerprint density at radius 1 is 1.16 bits per heavy atom. The van der Waals surface area contributed by atoms with E-state index in [1.165, 1.54) is 5.56 Å². The van der Waals surface area contributed by atoms with Crippen LogP contribution in [-0.2, 0) is 0 Å². The van der Waals surface area contributed by atoms with Gasteiger partial charge in [0.25, 0.3) is 0 Å². The van der Waals surface area contributed by atoms with Gasteiger partial charge in [-0.15, -0.1) is 4.91 Å². The quantitative estimate of drug-likeness (QED) is 0.837. The van der Waals surface area contributed by atoms with Crippen LogP contribution in [0.4, 0.5) is 0 Å². The van der Waals surface area contributed by atoms with E-state index in [1.807, 2.05) is 24.3 Å². The fourth-order valence-electron chi connectivity index (χ4n) is 1.77. The fourth-order valence-corrected chi connectivity index (χ4v) is 1.77. The third kappa shape index (κ3) is 3.63. The van der Waals surface area contributed by atoms with Gasteiger partial charge in [0, 0.05) is 0 Å². The van der Waals surface area contributed by atoms with Crippen molar-refractivity contribution in [3.05, 3.63) is 59.0 Å². The maximum atomic E-state index is 10.0. The normalized spacial score (nSPS) is 11.9. The number of ether oxygens (including phenoxy) is 1. The van der Waals surface area contributed by atoms with Crippen LogP contribution in [0.5, 0.6) is 5.75 Å². The molecule has 4 heteroatoms. The minimum Gasteiger partial charge on any atom is -0.489 e. The summed E-state index contributed by atoms with van der Waals surface area (Å²) in [6, 6.07) is 15.7. The maximum absolute atomic E-state index is 10.0. The predicted molar refractivity (Wildman–Crippen MR) is 73.9 cm³/mol. The molecule has 0 aliphatic heterocycles. The molecule has 0 spiro atoms. The molecule has 0 heterocycles. The van der Waals surface area contributed by atoms with Crippen LogP contribution in [0.15, 0.2) is 53.7 Å². The van der Waals surface area contributed by atoms with E-state index in [1.54, 1.807) is 12.1 Å². The molecule has 0 fully saturated rings. The Bertz CT molecular complexity index is 552. The van der Waals surface area contributed by atoms with Crippen LogP contribution in [0.3, 0.4) is 0 Å². The molecule has 98 valence electrons. The molecule has 0 radical (unpaired) electrons. The van der Waals surface area contributed by atoms with Gasteiger partial charge in [0.2, 0.25) is 6.23 Å². The molecule has 0 saturated heterocycles. The van der Waals surface area contributed by atoms with Crippen LogP contribution in [-0.4, -0.2) is 17.9 Å². The van der Waals surface area contributed by atoms with Crippen LogP contribution >= 0.6 is 0 Å². The topological polar surface area (TPSA) is 58.9 Å². The number of hydrogen-bond acceptors (Lipinski definition) is 4. The van der Waals surface area contributed by atoms with Crippen molar-refractivity contribution in [3.63, 3.8) is 0 Å². The minimum atomic E-state index is -1.32. The number of rotatable bonds is 5. The average molecular weight is 257 g/mol. The van der Waals surface area contributed by atoms with Gasteiger partial charge in [-0.2, -0.15) is 0 Å². The molecular formula is C15H15NO3. The van der Waals surface area contributed by atoms with Gasteiger partial charge in [-0.1, -0.05) is 42.0 Å². The van der Waals surface area contributed by atoms with E-state index in [0.717, 1.165) is 11.1 Å². The van der Waals surface area contributed by atoms with Crippen molar-refractivity contribution in [3.8, 4) is 16.9 Å². The van der Waals surface area contributed by atoms with Crippen LogP contribution in [0.2, 0.25) is 0 Å². The Labute approximate surface area is 111 Å². The van der Waals surface area contributed by atoms with Crippen LogP contribution in [0.1, 0.15) is 5.56 Å². The Hall–Kier alpha value is -2.20. The van der Waals surface area contributed by atoms with Crippen molar-refractivity contribution in [1.29, 1.82) is 0 Å². The predicted octanol–water partition coefficient (Wildman–Crippen LogP) is 3.13. The highest BCUT2D eigenvalue weighted by molar-refractivity contribution is 5.64. The summed E-state index contributed by atoms with van der Waals surface area (Å²) in [6.07, 6.45) is -1.32. The van der Waals surface area contributed by atoms with E-state index in [-0.39, 0.29) is 6.61 Å². The molecule has 2 rings (SSSR count). The maximum Gasteiger partial charge on any atom is 0.221 e. The molecule has 0 amide bonds. The highest BCUT2D eigenvalue weighted by Gasteiger charge is 2.04. The first-order chi connectivity index (χ1) is 9.19. The molecule has 0 aliphatic carbocycles. The number of hydrogen-bond donors (Lipinski definition) is 1. The molecule has 0 aromatic heterocycles. The monoisotopic (exact) mass is 257 g/mol. The summed E-state index contributed by atoms with van der Waals surface area (Å²) in [6.45, 7) is 1.92. The lowest BCUT2D eigenvalue weighted by Crippen LogP contribution is -2.13. The molecule has 1 atom stereocenters. The van der Waals surface area contributed by atoms with Crippen molar-refractivity contribution in [1.82, 2.24) is 0 Å². The smallest absolute Gasteiger partial charge is 0.221 e. The number of benzene rings is 2. The van der Waals surface area contributed by atoms with Gasteiger partial charge in [-0.3, -0.25) is 0 Å². The Balaban J connectivity index is 2.08. The minimum absolute atomic E-state index is 0.132. The summed E-state index contributed by atoms with van der Waals surface area (Å²) < 4.78 is 5.23. The van der Waals surface area contributed by atoms with Gasteiger partial charge < -0.3 is 9.84 Å². The number of nitroso groups, excluding NO2 is 1. The van der Waals surface area contributed by atoms with Gasteiger partial charge in [0.15, 0.2) is 0 Å². The number of aliphatic hydroxyl groups is 1. The van der Waals surface area contributed by atoms with Gasteiger partial charge in [0.05, 0.1) is 0 Å². The third-order valence-electron chi connectivity index (χ3n) is 2.73. The SMILES string of the molecule is Cc1cccc(-c2ccc(OCC(O)N=O)cc2)c1. The first-order valence-electron chi connectivity index (χ1n) is 5.99. The van der Waals surface area contributed by atoms with Gasteiger partial charge in [0.1, 0.15) is 12.4 Å². The second-order valence-electron chi connectivity index (χ2n) is 4.29. The first kappa shape index (κ1) is 13.2. The first-order valence-corrected chi connectivity index (χ1v) is 5.99. The van der Waals surface area contributed by atoms with E-state index in [9.17, 15) is 4.91 Å². The van der Waals surface area contributed by atoms with Crippen molar-refractivity contribution in [2.24, 2.45) is 5.18 Å². The largest absolute Gasteiger partial charge is 0.489 e. The fraction of sp³-hybridized carbons (Fsp3) is 0.200. The zero-order chi connectivity index (χ0) is 13.7. The average Bonchev–Trinajstić information content (AvgIpc) is 2.45. The second kappa shape index (κ2) is 6.11. The van der Waals surface area contributed by atoms with Crippen molar-refractivity contribution >= 4 is 0 Å². The molecule has 1 unspecified atom stereocenters. The summed E-state index contributed by atoms with van der Waals surface area (Å²) >= 11 is 0. The molecule has 2 aromatic rings. The van der Waals surface area contributed by atoms with Gasteiger partial charge in [-0.25, -0.2) is 0 Å². The van der Waals surface area contributed by atoms with Gasteiger partial charge >= 0.3 is 0 Å². The highest BCUT2D eigenvalue weighted by atomic mass is 16.5. The summed E-state index contributed by atoms with van der Waals surface area (Å²) in [7, 11) is 0. The molecule has 19 heavy (non-hydrogen) atoms. The molecule has 0 aliphatic rings. The second-order valence-corrected chi connectivity index (χ2v) is 4.29. The Morgan fingerprint density at radius 3 is 2.53 bits per heavy atom. The molecule has 2 aromatic carbocycles. The van der Waals surface area contributed by atoms with Crippen LogP contribution in [0.25, 0.3) is 11.1 Å². The summed E-state index contributed by atoms with van der Waals surface area (Å²) in [5.74, 6) is 0.596. The molecule has 0 saturated carbocycles. The Kier molecular flexibility index (Phi) is 4.26. The number of nitrogens with zero attached hydrogens (tertiary/aromatic N) is 1. The van der Waals surface area contributed by atoms with Crippen LogP contribution in [0, 0.1) is 11.8 Å². The zero-order valence-electron chi connectivity index (χ0n) is 10.6. The lowest BCUT2D eigenvalue weighted by molar-refractivity contribution is 0.113. The standard InChI is InChI=1S/C15H15NO3/c1-11-3-2-4-13(9-11)12-5-7-14(8-6-12)19-10-15(17)16-18/h2-9,15,17H,10H2,1H3. The van der Waals surface area contributed by atoms with E-state index in [2.05, 4.69) is 24.2 Å². The molecule has 1 N–H and O–H groups in total. The van der Waals surface area contributed by atoms with E-state index < -0.39 is 6.23 Å². The van der Waals surface area contributed by atoms with Crippen molar-refractivity contribution < 1.29 is 9.84 Å². The highest BCUT2D eigenvalue weighted by Crippen LogP contribution is 2.23. The van der Waals surface area contributed by atoms with Crippen LogP contribution < -0.4 is 4.74 Å². The number of aliphatic hydroxyl groups excluding tert-OH is 1. The summed E-state index contributed by atoms with van der Waals surface area (Å²) in [5, 5.41) is 11.4. The summed E-state index contributed by atoms with van der Waals surface area (Å²) in [4.78, 5) is 10.0. The summed E-state index contributed by atoms with van der Waals surface area (Å²) in [5.41, 5.74) is 3.43. The van der Waals surface area contributed by atoms with E-state index >= 15 is 0 Å². The molecule has 0 bridgehead atoms. The van der Waals surface area contributed by atoms with Gasteiger partial charge in [-0.05, 0) is 35.4 Å². The molecule has 4 nitrogen and oxygen atoms in total. The lowest BCUT2D eigenvalue weighted by atomic mass is 10.0. The van der Waals surface area contributed by atoms with E-state index in [0.29, 0.717) is 5.75 Å². The Morgan fingerprint density at radius 2 is 1.89 bits per heavy atom. The van der Waals surface area contributed by atoms with Crippen molar-refractivity contribution in [2.45, 2.75) is 13.2 Å². The van der Waals surface area contributed by atoms with Crippen molar-refractivity contribution in [2.75, 3.05) is 6.61 Å².